The van der Waals surface area contributed by atoms with E-state index in [1.807, 2.05) is 24.3 Å². The second kappa shape index (κ2) is 12.6. The zero-order valence-corrected chi connectivity index (χ0v) is 23.8. The van der Waals surface area contributed by atoms with Gasteiger partial charge in [-0.05, 0) is 64.1 Å². The smallest absolute Gasteiger partial charge is 0.196 e. The Labute approximate surface area is 233 Å². The molecular weight excluding hydrogens is 490 g/mol. The third-order valence-corrected chi connectivity index (χ3v) is 8.59. The van der Waals surface area contributed by atoms with Gasteiger partial charge in [-0.3, -0.25) is 4.79 Å². The van der Waals surface area contributed by atoms with E-state index in [0.29, 0.717) is 46.8 Å². The van der Waals surface area contributed by atoms with Gasteiger partial charge in [0.25, 0.3) is 0 Å². The van der Waals surface area contributed by atoms with Crippen LogP contribution in [0.15, 0.2) is 24.3 Å². The molecule has 2 aliphatic heterocycles. The van der Waals surface area contributed by atoms with Gasteiger partial charge in [-0.1, -0.05) is 32.9 Å². The molecule has 0 bridgehead atoms. The average Bonchev–Trinajstić information content (AvgIpc) is 3.29. The van der Waals surface area contributed by atoms with Crippen LogP contribution >= 0.6 is 0 Å². The van der Waals surface area contributed by atoms with E-state index in [4.69, 9.17) is 19.9 Å². The van der Waals surface area contributed by atoms with E-state index in [1.165, 1.54) is 0 Å². The molecule has 5 rings (SSSR count). The summed E-state index contributed by atoms with van der Waals surface area (Å²) in [4.78, 5) is 13.9. The molecule has 4 unspecified atom stereocenters. The van der Waals surface area contributed by atoms with Crippen molar-refractivity contribution in [2.24, 2.45) is 11.8 Å². The summed E-state index contributed by atoms with van der Waals surface area (Å²) in [5.74, 6) is 2.67. The van der Waals surface area contributed by atoms with Gasteiger partial charge in [0.15, 0.2) is 5.78 Å². The van der Waals surface area contributed by atoms with Crippen LogP contribution in [-0.4, -0.2) is 50.8 Å². The number of fused-ring (bicyclic) bond motifs is 3. The van der Waals surface area contributed by atoms with Gasteiger partial charge in [0.05, 0.1) is 17.9 Å². The zero-order valence-electron chi connectivity index (χ0n) is 23.8. The van der Waals surface area contributed by atoms with Gasteiger partial charge in [0, 0.05) is 47.7 Å². The van der Waals surface area contributed by atoms with Crippen molar-refractivity contribution in [1.29, 1.82) is 0 Å². The Morgan fingerprint density at radius 3 is 2.08 bits per heavy atom. The van der Waals surface area contributed by atoms with Gasteiger partial charge in [-0.25, -0.2) is 0 Å². The predicted molar refractivity (Wildman–Crippen MR) is 156 cm³/mol. The molecule has 2 heterocycles. The average molecular weight is 536 g/mol. The van der Waals surface area contributed by atoms with E-state index in [9.17, 15) is 4.79 Å². The van der Waals surface area contributed by atoms with Crippen LogP contribution in [0.25, 0.3) is 11.1 Å². The number of anilines is 1. The van der Waals surface area contributed by atoms with Crippen LogP contribution < -0.4 is 30.6 Å². The van der Waals surface area contributed by atoms with Gasteiger partial charge < -0.3 is 30.6 Å². The fraction of sp³-hybridized carbons (Fsp3) is 0.594. The number of piperidine rings is 2. The number of ether oxygens (including phenoxy) is 3. The van der Waals surface area contributed by atoms with Crippen molar-refractivity contribution in [3.05, 3.63) is 35.4 Å². The lowest BCUT2D eigenvalue weighted by molar-refractivity contribution is 0.103. The molecule has 0 saturated carbocycles. The number of benzene rings is 2. The molecule has 3 aliphatic rings. The van der Waals surface area contributed by atoms with Crippen LogP contribution in [0.2, 0.25) is 0 Å². The summed E-state index contributed by atoms with van der Waals surface area (Å²) in [5, 5.41) is 7.00. The maximum atomic E-state index is 13.9. The van der Waals surface area contributed by atoms with Gasteiger partial charge in [-0.15, -0.1) is 0 Å². The molecule has 39 heavy (non-hydrogen) atoms. The lowest BCUT2D eigenvalue weighted by atomic mass is 9.92. The monoisotopic (exact) mass is 535 g/mol. The number of hydrogen-bond acceptors (Lipinski definition) is 7. The summed E-state index contributed by atoms with van der Waals surface area (Å²) >= 11 is 0. The highest BCUT2D eigenvalue weighted by atomic mass is 16.5. The summed E-state index contributed by atoms with van der Waals surface area (Å²) in [5.41, 5.74) is 9.80. The fourth-order valence-electron chi connectivity index (χ4n) is 6.51. The Kier molecular flexibility index (Phi) is 8.98. The second-order valence-electron chi connectivity index (χ2n) is 11.2. The summed E-state index contributed by atoms with van der Waals surface area (Å²) < 4.78 is 19.6. The number of nitrogens with two attached hydrogens (primary N) is 1. The maximum absolute atomic E-state index is 13.9. The Morgan fingerprint density at radius 2 is 1.51 bits per heavy atom. The van der Waals surface area contributed by atoms with Crippen LogP contribution in [0.1, 0.15) is 81.6 Å². The summed E-state index contributed by atoms with van der Waals surface area (Å²) in [7, 11) is 0. The summed E-state index contributed by atoms with van der Waals surface area (Å²) in [6.45, 7) is 10.9. The topological polar surface area (TPSA) is 94.8 Å². The third-order valence-electron chi connectivity index (χ3n) is 8.59. The Hall–Kier alpha value is -2.77. The van der Waals surface area contributed by atoms with Crippen molar-refractivity contribution in [2.45, 2.75) is 77.9 Å². The number of carbonyl (C=O) groups excluding carboxylic acids is 1. The Balaban J connectivity index is 1.54. The van der Waals surface area contributed by atoms with Crippen molar-refractivity contribution >= 4 is 11.5 Å². The van der Waals surface area contributed by atoms with Gasteiger partial charge in [-0.2, -0.15) is 0 Å². The molecule has 2 saturated heterocycles. The van der Waals surface area contributed by atoms with E-state index < -0.39 is 0 Å². The molecule has 0 spiro atoms. The highest BCUT2D eigenvalue weighted by Gasteiger charge is 2.38. The molecule has 2 aromatic rings. The van der Waals surface area contributed by atoms with Gasteiger partial charge in [0.2, 0.25) is 0 Å². The first-order valence-electron chi connectivity index (χ1n) is 15.1. The molecule has 7 nitrogen and oxygen atoms in total. The molecule has 7 heteroatoms. The molecule has 212 valence electrons. The lowest BCUT2D eigenvalue weighted by Crippen LogP contribution is -2.39. The maximum Gasteiger partial charge on any atom is 0.196 e. The Bertz CT molecular complexity index is 1150. The number of nitrogens with one attached hydrogen (secondary N) is 2. The normalized spacial score (nSPS) is 22.1. The first kappa shape index (κ1) is 27.8. The fourth-order valence-corrected chi connectivity index (χ4v) is 6.51. The number of hydrogen-bond donors (Lipinski definition) is 3. The van der Waals surface area contributed by atoms with Crippen molar-refractivity contribution < 1.29 is 19.0 Å². The summed E-state index contributed by atoms with van der Waals surface area (Å²) in [6, 6.07) is 7.67. The molecule has 4 atom stereocenters. The predicted octanol–water partition coefficient (Wildman–Crippen LogP) is 5.58. The standard InChI is InChI=1S/C32H45N3O4/c1-4-16-37-26-17-27(39-24(6-3)21-11-9-15-35-19-21)31(33)30-29(26)28-22(32(30)36)12-7-13-25(28)38-23(5-2)20-10-8-14-34-18-20/h7,12-13,17,20-21,23-24,34-35H,4-6,8-11,14-16,18-19,33H2,1-3H3. The molecule has 4 N–H and O–H groups in total. The zero-order chi connectivity index (χ0) is 27.4. The molecular formula is C32H45N3O4. The van der Waals surface area contributed by atoms with Crippen molar-refractivity contribution in [3.63, 3.8) is 0 Å². The largest absolute Gasteiger partial charge is 0.493 e. The van der Waals surface area contributed by atoms with Crippen LogP contribution in [0.5, 0.6) is 17.2 Å². The highest BCUT2D eigenvalue weighted by molar-refractivity contribution is 6.26. The molecule has 2 fully saturated rings. The second-order valence-corrected chi connectivity index (χ2v) is 11.2. The Morgan fingerprint density at radius 1 is 0.872 bits per heavy atom. The van der Waals surface area contributed by atoms with Crippen molar-refractivity contribution in [3.8, 4) is 28.4 Å². The van der Waals surface area contributed by atoms with Gasteiger partial charge in [0.1, 0.15) is 29.5 Å². The molecule has 2 aromatic carbocycles. The number of rotatable bonds is 11. The van der Waals surface area contributed by atoms with Gasteiger partial charge >= 0.3 is 0 Å². The quantitative estimate of drug-likeness (QED) is 0.276. The van der Waals surface area contributed by atoms with Crippen LogP contribution in [0, 0.1) is 11.8 Å². The number of ketones is 1. The summed E-state index contributed by atoms with van der Waals surface area (Å²) in [6.07, 6.45) is 7.27. The number of carbonyl (C=O) groups is 1. The molecule has 0 aromatic heterocycles. The minimum atomic E-state index is -0.0884. The van der Waals surface area contributed by atoms with Crippen LogP contribution in [0.4, 0.5) is 5.69 Å². The van der Waals surface area contributed by atoms with E-state index in [-0.39, 0.29) is 18.0 Å². The van der Waals surface area contributed by atoms with Crippen molar-refractivity contribution in [1.82, 2.24) is 10.6 Å². The molecule has 0 amide bonds. The van der Waals surface area contributed by atoms with E-state index in [2.05, 4.69) is 31.4 Å². The SMILES string of the molecule is CCCOc1cc(OC(CC)C2CCCNC2)c(N)c2c1-c1c(OC(CC)C3CCCNC3)cccc1C2=O. The highest BCUT2D eigenvalue weighted by Crippen LogP contribution is 2.52. The van der Waals surface area contributed by atoms with E-state index in [1.54, 1.807) is 0 Å². The van der Waals surface area contributed by atoms with E-state index in [0.717, 1.165) is 88.0 Å². The minimum absolute atomic E-state index is 0.0179. The van der Waals surface area contributed by atoms with Crippen molar-refractivity contribution in [2.75, 3.05) is 38.5 Å². The first-order chi connectivity index (χ1) is 19.1. The molecule has 0 radical (unpaired) electrons. The lowest BCUT2D eigenvalue weighted by Gasteiger charge is -2.31. The van der Waals surface area contributed by atoms with E-state index >= 15 is 0 Å². The molecule has 1 aliphatic carbocycles. The number of nitrogen functional groups attached to an aromatic ring is 1. The minimum Gasteiger partial charge on any atom is -0.493 e. The first-order valence-corrected chi connectivity index (χ1v) is 15.1. The van der Waals surface area contributed by atoms with Crippen LogP contribution in [-0.2, 0) is 0 Å². The van der Waals surface area contributed by atoms with Crippen LogP contribution in [0.3, 0.4) is 0 Å². The third kappa shape index (κ3) is 5.62.